The summed E-state index contributed by atoms with van der Waals surface area (Å²) in [6, 6.07) is 5.79. The van der Waals surface area contributed by atoms with Gasteiger partial charge in [0.2, 0.25) is 0 Å². The van der Waals surface area contributed by atoms with Crippen LogP contribution in [0.15, 0.2) is 18.2 Å². The predicted octanol–water partition coefficient (Wildman–Crippen LogP) is 2.99. The monoisotopic (exact) mass is 221 g/mol. The number of hydrogen-bond acceptors (Lipinski definition) is 2. The first kappa shape index (κ1) is 12.7. The second-order valence-electron chi connectivity index (χ2n) is 4.07. The van der Waals surface area contributed by atoms with Gasteiger partial charge in [0.1, 0.15) is 0 Å². The standard InChI is InChI=1S/C13H19NO2/c1-4-10(11(5-2)13(15)16)12-8-6-7-9(3)14-12/h6-8,10-11H,4-5H2,1-3H3,(H,15,16). The Balaban J connectivity index is 3.01. The molecule has 0 aliphatic carbocycles. The number of nitrogens with zero attached hydrogens (tertiary/aromatic N) is 1. The van der Waals surface area contributed by atoms with E-state index >= 15 is 0 Å². The van der Waals surface area contributed by atoms with Crippen molar-refractivity contribution in [1.82, 2.24) is 4.98 Å². The van der Waals surface area contributed by atoms with Crippen molar-refractivity contribution in [1.29, 1.82) is 0 Å². The fourth-order valence-corrected chi connectivity index (χ4v) is 2.10. The molecule has 0 aliphatic rings. The molecule has 1 heterocycles. The molecule has 0 saturated carbocycles. The van der Waals surface area contributed by atoms with Gasteiger partial charge in [0.05, 0.1) is 5.92 Å². The van der Waals surface area contributed by atoms with E-state index in [0.717, 1.165) is 17.8 Å². The van der Waals surface area contributed by atoms with E-state index in [0.29, 0.717) is 6.42 Å². The molecule has 0 aliphatic heterocycles. The van der Waals surface area contributed by atoms with Crippen LogP contribution in [0.1, 0.15) is 44.0 Å². The number of hydrogen-bond donors (Lipinski definition) is 1. The fourth-order valence-electron chi connectivity index (χ4n) is 2.10. The van der Waals surface area contributed by atoms with Gasteiger partial charge in [0.25, 0.3) is 0 Å². The lowest BCUT2D eigenvalue weighted by Gasteiger charge is -2.21. The number of aliphatic carboxylic acids is 1. The summed E-state index contributed by atoms with van der Waals surface area (Å²) in [5, 5.41) is 9.18. The van der Waals surface area contributed by atoms with Crippen molar-refractivity contribution in [2.75, 3.05) is 0 Å². The summed E-state index contributed by atoms with van der Waals surface area (Å²) in [6.07, 6.45) is 1.45. The number of aryl methyl sites for hydroxylation is 1. The summed E-state index contributed by atoms with van der Waals surface area (Å²) in [5.74, 6) is -1.04. The smallest absolute Gasteiger partial charge is 0.307 e. The highest BCUT2D eigenvalue weighted by atomic mass is 16.4. The maximum atomic E-state index is 11.2. The first-order valence-electron chi connectivity index (χ1n) is 5.76. The van der Waals surface area contributed by atoms with Crippen molar-refractivity contribution < 1.29 is 9.90 Å². The second kappa shape index (κ2) is 5.64. The van der Waals surface area contributed by atoms with Crippen molar-refractivity contribution in [3.63, 3.8) is 0 Å². The molecule has 16 heavy (non-hydrogen) atoms. The minimum absolute atomic E-state index is 0.0161. The van der Waals surface area contributed by atoms with Crippen LogP contribution in [0, 0.1) is 12.8 Å². The molecular weight excluding hydrogens is 202 g/mol. The van der Waals surface area contributed by atoms with E-state index in [4.69, 9.17) is 0 Å². The van der Waals surface area contributed by atoms with E-state index in [1.54, 1.807) is 0 Å². The van der Waals surface area contributed by atoms with Gasteiger partial charge in [0, 0.05) is 17.3 Å². The van der Waals surface area contributed by atoms with Crippen LogP contribution in [0.4, 0.5) is 0 Å². The molecule has 3 nitrogen and oxygen atoms in total. The van der Waals surface area contributed by atoms with Gasteiger partial charge >= 0.3 is 5.97 Å². The average molecular weight is 221 g/mol. The van der Waals surface area contributed by atoms with Crippen molar-refractivity contribution in [3.8, 4) is 0 Å². The van der Waals surface area contributed by atoms with Crippen molar-refractivity contribution in [3.05, 3.63) is 29.6 Å². The van der Waals surface area contributed by atoms with E-state index < -0.39 is 5.97 Å². The van der Waals surface area contributed by atoms with Gasteiger partial charge in [-0.25, -0.2) is 0 Å². The summed E-state index contributed by atoms with van der Waals surface area (Å²) in [5.41, 5.74) is 1.84. The SMILES string of the molecule is CCC(C(=O)O)C(CC)c1cccc(C)n1. The Bertz CT molecular complexity index is 363. The summed E-state index contributed by atoms with van der Waals surface area (Å²) in [6.45, 7) is 5.86. The summed E-state index contributed by atoms with van der Waals surface area (Å²) < 4.78 is 0. The lowest BCUT2D eigenvalue weighted by Crippen LogP contribution is -2.22. The van der Waals surface area contributed by atoms with E-state index in [1.165, 1.54) is 0 Å². The molecule has 1 rings (SSSR count). The molecular formula is C13H19NO2. The van der Waals surface area contributed by atoms with Crippen molar-refractivity contribution in [2.24, 2.45) is 5.92 Å². The molecule has 0 aromatic carbocycles. The number of carboxylic acids is 1. The maximum Gasteiger partial charge on any atom is 0.307 e. The fraction of sp³-hybridized carbons (Fsp3) is 0.538. The molecule has 2 unspecified atom stereocenters. The lowest BCUT2D eigenvalue weighted by atomic mass is 9.85. The zero-order valence-corrected chi connectivity index (χ0v) is 10.1. The van der Waals surface area contributed by atoms with Gasteiger partial charge in [-0.2, -0.15) is 0 Å². The second-order valence-corrected chi connectivity index (χ2v) is 4.07. The van der Waals surface area contributed by atoms with E-state index in [2.05, 4.69) is 4.98 Å². The average Bonchev–Trinajstić information content (AvgIpc) is 2.25. The van der Waals surface area contributed by atoms with Gasteiger partial charge in [-0.1, -0.05) is 19.9 Å². The third kappa shape index (κ3) is 2.81. The topological polar surface area (TPSA) is 50.2 Å². The lowest BCUT2D eigenvalue weighted by molar-refractivity contribution is -0.142. The first-order chi connectivity index (χ1) is 7.60. The highest BCUT2D eigenvalue weighted by Gasteiger charge is 2.27. The molecule has 2 atom stereocenters. The highest BCUT2D eigenvalue weighted by molar-refractivity contribution is 5.71. The number of pyridine rings is 1. The number of rotatable bonds is 5. The summed E-state index contributed by atoms with van der Waals surface area (Å²) in [4.78, 5) is 15.6. The zero-order valence-electron chi connectivity index (χ0n) is 10.1. The van der Waals surface area contributed by atoms with Crippen molar-refractivity contribution >= 4 is 5.97 Å². The van der Waals surface area contributed by atoms with Gasteiger partial charge < -0.3 is 5.11 Å². The van der Waals surface area contributed by atoms with Gasteiger partial charge in [-0.15, -0.1) is 0 Å². The van der Waals surface area contributed by atoms with Crippen LogP contribution in [0.25, 0.3) is 0 Å². The van der Waals surface area contributed by atoms with Gasteiger partial charge in [-0.3, -0.25) is 9.78 Å². The van der Waals surface area contributed by atoms with E-state index in [1.807, 2.05) is 39.0 Å². The van der Waals surface area contributed by atoms with E-state index in [9.17, 15) is 9.90 Å². The molecule has 3 heteroatoms. The quantitative estimate of drug-likeness (QED) is 0.831. The highest BCUT2D eigenvalue weighted by Crippen LogP contribution is 2.29. The van der Waals surface area contributed by atoms with Crippen LogP contribution in [-0.2, 0) is 4.79 Å². The predicted molar refractivity (Wildman–Crippen MR) is 63.4 cm³/mol. The minimum Gasteiger partial charge on any atom is -0.481 e. The van der Waals surface area contributed by atoms with Crippen LogP contribution in [0.5, 0.6) is 0 Å². The Morgan fingerprint density at radius 3 is 2.50 bits per heavy atom. The Morgan fingerprint density at radius 1 is 1.38 bits per heavy atom. The number of aromatic nitrogens is 1. The molecule has 88 valence electrons. The van der Waals surface area contributed by atoms with Crippen LogP contribution in [-0.4, -0.2) is 16.1 Å². The molecule has 0 radical (unpaired) electrons. The normalized spacial score (nSPS) is 14.4. The molecule has 1 aromatic heterocycles. The molecule has 1 aromatic rings. The Morgan fingerprint density at radius 2 is 2.06 bits per heavy atom. The van der Waals surface area contributed by atoms with Crippen LogP contribution in [0.3, 0.4) is 0 Å². The molecule has 0 bridgehead atoms. The molecule has 0 spiro atoms. The largest absolute Gasteiger partial charge is 0.481 e. The zero-order chi connectivity index (χ0) is 12.1. The molecule has 0 saturated heterocycles. The molecule has 0 fully saturated rings. The van der Waals surface area contributed by atoms with Gasteiger partial charge in [-0.05, 0) is 31.9 Å². The van der Waals surface area contributed by atoms with Gasteiger partial charge in [0.15, 0.2) is 0 Å². The number of carboxylic acid groups (broad SMARTS) is 1. The number of carbonyl (C=O) groups is 1. The Kier molecular flexibility index (Phi) is 4.47. The first-order valence-corrected chi connectivity index (χ1v) is 5.76. The van der Waals surface area contributed by atoms with Crippen LogP contribution < -0.4 is 0 Å². The Hall–Kier alpha value is -1.38. The van der Waals surface area contributed by atoms with Crippen LogP contribution >= 0.6 is 0 Å². The minimum atomic E-state index is -0.724. The Labute approximate surface area is 96.5 Å². The van der Waals surface area contributed by atoms with E-state index in [-0.39, 0.29) is 11.8 Å². The summed E-state index contributed by atoms with van der Waals surface area (Å²) in [7, 11) is 0. The maximum absolute atomic E-state index is 11.2. The van der Waals surface area contributed by atoms with Crippen molar-refractivity contribution in [2.45, 2.75) is 39.5 Å². The molecule has 1 N–H and O–H groups in total. The summed E-state index contributed by atoms with van der Waals surface area (Å²) >= 11 is 0. The molecule has 0 amide bonds. The van der Waals surface area contributed by atoms with Crippen LogP contribution in [0.2, 0.25) is 0 Å². The third-order valence-corrected chi connectivity index (χ3v) is 2.97. The third-order valence-electron chi connectivity index (χ3n) is 2.97.